The SMILES string of the molecule is CCC1(Nc2ccc(CO)cc2)CC1. The van der Waals surface area contributed by atoms with Gasteiger partial charge in [-0.2, -0.15) is 0 Å². The number of aliphatic hydroxyl groups excluding tert-OH is 1. The molecule has 14 heavy (non-hydrogen) atoms. The first-order valence-corrected chi connectivity index (χ1v) is 5.26. The molecule has 2 N–H and O–H groups in total. The standard InChI is InChI=1S/C12H17NO/c1-2-12(7-8-12)13-11-5-3-10(9-14)4-6-11/h3-6,13-14H,2,7-9H2,1H3. The highest BCUT2D eigenvalue weighted by atomic mass is 16.3. The minimum atomic E-state index is 0.124. The Bertz CT molecular complexity index is 301. The largest absolute Gasteiger partial charge is 0.392 e. The summed E-state index contributed by atoms with van der Waals surface area (Å²) in [6, 6.07) is 8.02. The van der Waals surface area contributed by atoms with Crippen LogP contribution < -0.4 is 5.32 Å². The molecule has 2 nitrogen and oxygen atoms in total. The van der Waals surface area contributed by atoms with E-state index >= 15 is 0 Å². The minimum absolute atomic E-state index is 0.124. The van der Waals surface area contributed by atoms with Crippen LogP contribution in [0, 0.1) is 0 Å². The molecule has 0 aromatic heterocycles. The van der Waals surface area contributed by atoms with E-state index in [0.717, 1.165) is 5.56 Å². The Morgan fingerprint density at radius 3 is 2.36 bits per heavy atom. The van der Waals surface area contributed by atoms with Crippen LogP contribution in [0.3, 0.4) is 0 Å². The van der Waals surface area contributed by atoms with Gasteiger partial charge in [0.25, 0.3) is 0 Å². The summed E-state index contributed by atoms with van der Waals surface area (Å²) < 4.78 is 0. The van der Waals surface area contributed by atoms with Crippen molar-refractivity contribution in [2.75, 3.05) is 5.32 Å². The molecular formula is C12H17NO. The molecule has 1 saturated carbocycles. The van der Waals surface area contributed by atoms with Crippen molar-refractivity contribution in [3.8, 4) is 0 Å². The maximum atomic E-state index is 8.90. The Balaban J connectivity index is 2.03. The second kappa shape index (κ2) is 3.62. The van der Waals surface area contributed by atoms with E-state index in [-0.39, 0.29) is 6.61 Å². The fraction of sp³-hybridized carbons (Fsp3) is 0.500. The van der Waals surface area contributed by atoms with E-state index in [4.69, 9.17) is 5.11 Å². The van der Waals surface area contributed by atoms with Gasteiger partial charge in [-0.15, -0.1) is 0 Å². The van der Waals surface area contributed by atoms with Crippen LogP contribution in [-0.2, 0) is 6.61 Å². The Labute approximate surface area is 85.0 Å². The van der Waals surface area contributed by atoms with Crippen molar-refractivity contribution in [3.05, 3.63) is 29.8 Å². The van der Waals surface area contributed by atoms with E-state index in [1.54, 1.807) is 0 Å². The molecule has 0 radical (unpaired) electrons. The van der Waals surface area contributed by atoms with Crippen LogP contribution in [0.25, 0.3) is 0 Å². The second-order valence-electron chi connectivity index (χ2n) is 4.11. The van der Waals surface area contributed by atoms with Gasteiger partial charge in [0.1, 0.15) is 0 Å². The predicted molar refractivity (Wildman–Crippen MR) is 58.2 cm³/mol. The fourth-order valence-electron chi connectivity index (χ4n) is 1.72. The first-order valence-electron chi connectivity index (χ1n) is 5.26. The molecule has 0 unspecified atom stereocenters. The molecule has 1 fully saturated rings. The van der Waals surface area contributed by atoms with E-state index in [0.29, 0.717) is 5.54 Å². The predicted octanol–water partition coefficient (Wildman–Crippen LogP) is 2.53. The van der Waals surface area contributed by atoms with Gasteiger partial charge in [0.05, 0.1) is 6.61 Å². The van der Waals surface area contributed by atoms with Crippen LogP contribution in [0.15, 0.2) is 24.3 Å². The van der Waals surface area contributed by atoms with Crippen LogP contribution in [0.5, 0.6) is 0 Å². The molecule has 2 heteroatoms. The first kappa shape index (κ1) is 9.53. The average Bonchev–Trinajstić information content (AvgIpc) is 3.00. The molecule has 0 atom stereocenters. The summed E-state index contributed by atoms with van der Waals surface area (Å²) in [5.74, 6) is 0. The highest BCUT2D eigenvalue weighted by molar-refractivity contribution is 5.48. The second-order valence-corrected chi connectivity index (χ2v) is 4.11. The number of nitrogens with one attached hydrogen (secondary N) is 1. The van der Waals surface area contributed by atoms with Crippen molar-refractivity contribution in [2.45, 2.75) is 38.3 Å². The molecule has 0 spiro atoms. The third-order valence-electron chi connectivity index (χ3n) is 3.08. The number of rotatable bonds is 4. The van der Waals surface area contributed by atoms with Gasteiger partial charge in [-0.25, -0.2) is 0 Å². The number of aliphatic hydroxyl groups is 1. The van der Waals surface area contributed by atoms with Crippen LogP contribution in [0.2, 0.25) is 0 Å². The molecule has 1 aliphatic rings. The maximum absolute atomic E-state index is 8.90. The van der Waals surface area contributed by atoms with Gasteiger partial charge in [0, 0.05) is 11.2 Å². The summed E-state index contributed by atoms with van der Waals surface area (Å²) in [6.45, 7) is 2.35. The van der Waals surface area contributed by atoms with E-state index < -0.39 is 0 Å². The molecule has 1 aromatic rings. The molecule has 2 rings (SSSR count). The molecule has 0 bridgehead atoms. The summed E-state index contributed by atoms with van der Waals surface area (Å²) in [4.78, 5) is 0. The molecule has 0 saturated heterocycles. The Kier molecular flexibility index (Phi) is 2.46. The summed E-state index contributed by atoms with van der Waals surface area (Å²) >= 11 is 0. The average molecular weight is 191 g/mol. The van der Waals surface area contributed by atoms with Crippen LogP contribution in [0.4, 0.5) is 5.69 Å². The molecule has 1 aromatic carbocycles. The number of hydrogen-bond acceptors (Lipinski definition) is 2. The number of benzene rings is 1. The maximum Gasteiger partial charge on any atom is 0.0681 e. The Morgan fingerprint density at radius 1 is 1.29 bits per heavy atom. The van der Waals surface area contributed by atoms with E-state index in [1.165, 1.54) is 24.9 Å². The van der Waals surface area contributed by atoms with E-state index in [9.17, 15) is 0 Å². The molecular weight excluding hydrogens is 174 g/mol. The summed E-state index contributed by atoms with van der Waals surface area (Å²) in [5.41, 5.74) is 2.51. The van der Waals surface area contributed by atoms with Gasteiger partial charge in [0.15, 0.2) is 0 Å². The lowest BCUT2D eigenvalue weighted by Gasteiger charge is -2.16. The molecule has 0 amide bonds. The lowest BCUT2D eigenvalue weighted by atomic mass is 10.1. The van der Waals surface area contributed by atoms with Gasteiger partial charge in [-0.1, -0.05) is 19.1 Å². The summed E-state index contributed by atoms with van der Waals surface area (Å²) in [7, 11) is 0. The third-order valence-corrected chi connectivity index (χ3v) is 3.08. The summed E-state index contributed by atoms with van der Waals surface area (Å²) in [5, 5.41) is 12.4. The van der Waals surface area contributed by atoms with Crippen molar-refractivity contribution in [2.24, 2.45) is 0 Å². The minimum Gasteiger partial charge on any atom is -0.392 e. The van der Waals surface area contributed by atoms with Crippen LogP contribution in [-0.4, -0.2) is 10.6 Å². The van der Waals surface area contributed by atoms with Crippen molar-refractivity contribution in [1.82, 2.24) is 0 Å². The third kappa shape index (κ3) is 1.90. The quantitative estimate of drug-likeness (QED) is 0.766. The number of anilines is 1. The zero-order valence-corrected chi connectivity index (χ0v) is 8.59. The Morgan fingerprint density at radius 2 is 1.93 bits per heavy atom. The van der Waals surface area contributed by atoms with Gasteiger partial charge < -0.3 is 10.4 Å². The van der Waals surface area contributed by atoms with Crippen molar-refractivity contribution in [1.29, 1.82) is 0 Å². The smallest absolute Gasteiger partial charge is 0.0681 e. The van der Waals surface area contributed by atoms with Gasteiger partial charge in [-0.3, -0.25) is 0 Å². The highest BCUT2D eigenvalue weighted by Gasteiger charge is 2.40. The van der Waals surface area contributed by atoms with Crippen LogP contribution >= 0.6 is 0 Å². The lowest BCUT2D eigenvalue weighted by molar-refractivity contribution is 0.282. The first-order chi connectivity index (χ1) is 6.78. The number of hydrogen-bond donors (Lipinski definition) is 2. The van der Waals surface area contributed by atoms with Crippen molar-refractivity contribution >= 4 is 5.69 Å². The monoisotopic (exact) mass is 191 g/mol. The molecule has 1 aliphatic carbocycles. The van der Waals surface area contributed by atoms with Gasteiger partial charge >= 0.3 is 0 Å². The van der Waals surface area contributed by atoms with E-state index in [1.807, 2.05) is 24.3 Å². The van der Waals surface area contributed by atoms with Crippen LogP contribution in [0.1, 0.15) is 31.7 Å². The lowest BCUT2D eigenvalue weighted by Crippen LogP contribution is -2.19. The molecule has 0 heterocycles. The van der Waals surface area contributed by atoms with Crippen molar-refractivity contribution < 1.29 is 5.11 Å². The van der Waals surface area contributed by atoms with E-state index in [2.05, 4.69) is 12.2 Å². The van der Waals surface area contributed by atoms with Crippen molar-refractivity contribution in [3.63, 3.8) is 0 Å². The molecule has 76 valence electrons. The Hall–Kier alpha value is -1.02. The van der Waals surface area contributed by atoms with Gasteiger partial charge in [-0.05, 0) is 37.0 Å². The molecule has 0 aliphatic heterocycles. The zero-order chi connectivity index (χ0) is 10.0. The topological polar surface area (TPSA) is 32.3 Å². The van der Waals surface area contributed by atoms with Gasteiger partial charge in [0.2, 0.25) is 0 Å². The highest BCUT2D eigenvalue weighted by Crippen LogP contribution is 2.41. The fourth-order valence-corrected chi connectivity index (χ4v) is 1.72. The zero-order valence-electron chi connectivity index (χ0n) is 8.59. The summed E-state index contributed by atoms with van der Waals surface area (Å²) in [6.07, 6.45) is 3.76. The normalized spacial score (nSPS) is 17.9.